The molecular formula is C14H20N2O. The highest BCUT2D eigenvalue weighted by molar-refractivity contribution is 5.99. The number of likely N-dealkylation sites (N-methyl/N-ethyl adjacent to an activating group) is 1. The lowest BCUT2D eigenvalue weighted by atomic mass is 10.1. The van der Waals surface area contributed by atoms with Crippen LogP contribution in [0.15, 0.2) is 29.3 Å². The molecular weight excluding hydrogens is 212 g/mol. The monoisotopic (exact) mass is 232 g/mol. The van der Waals surface area contributed by atoms with E-state index in [1.54, 1.807) is 0 Å². The molecule has 0 saturated heterocycles. The molecule has 0 aromatic heterocycles. The SMILES string of the molecule is CN1CCN=C1c1cccc(OC(C)(C)C)c1. The first-order chi connectivity index (χ1) is 7.96. The van der Waals surface area contributed by atoms with Gasteiger partial charge in [0.15, 0.2) is 0 Å². The summed E-state index contributed by atoms with van der Waals surface area (Å²) in [5.41, 5.74) is 0.967. The first-order valence-corrected chi connectivity index (χ1v) is 6.01. The average Bonchev–Trinajstić information content (AvgIpc) is 2.62. The summed E-state index contributed by atoms with van der Waals surface area (Å²) in [4.78, 5) is 6.69. The van der Waals surface area contributed by atoms with Gasteiger partial charge in [0, 0.05) is 19.2 Å². The Kier molecular flexibility index (Phi) is 3.09. The molecule has 0 amide bonds. The molecule has 17 heavy (non-hydrogen) atoms. The van der Waals surface area contributed by atoms with E-state index in [0.717, 1.165) is 30.2 Å². The Balaban J connectivity index is 2.23. The molecule has 1 aliphatic heterocycles. The molecule has 0 bridgehead atoms. The highest BCUT2D eigenvalue weighted by Gasteiger charge is 2.16. The van der Waals surface area contributed by atoms with Crippen LogP contribution in [0.5, 0.6) is 5.75 Å². The standard InChI is InChI=1S/C14H20N2O/c1-14(2,3)17-12-7-5-6-11(10-12)13-15-8-9-16(13)4/h5-7,10H,8-9H2,1-4H3. The topological polar surface area (TPSA) is 24.8 Å². The van der Waals surface area contributed by atoms with E-state index in [-0.39, 0.29) is 5.60 Å². The number of rotatable bonds is 2. The molecule has 0 atom stereocenters. The number of aliphatic imine (C=N–C) groups is 1. The molecule has 2 rings (SSSR count). The zero-order valence-electron chi connectivity index (χ0n) is 11.0. The summed E-state index contributed by atoms with van der Waals surface area (Å²) in [5, 5.41) is 0. The van der Waals surface area contributed by atoms with Crippen molar-refractivity contribution in [3.8, 4) is 5.75 Å². The summed E-state index contributed by atoms with van der Waals surface area (Å²) in [7, 11) is 2.07. The third-order valence-corrected chi connectivity index (χ3v) is 2.57. The predicted octanol–water partition coefficient (Wildman–Crippen LogP) is 2.56. The number of amidine groups is 1. The van der Waals surface area contributed by atoms with Crippen molar-refractivity contribution in [1.82, 2.24) is 4.90 Å². The fourth-order valence-corrected chi connectivity index (χ4v) is 1.90. The van der Waals surface area contributed by atoms with E-state index in [4.69, 9.17) is 4.74 Å². The lowest BCUT2D eigenvalue weighted by Crippen LogP contribution is -2.25. The number of benzene rings is 1. The van der Waals surface area contributed by atoms with Crippen LogP contribution in [0, 0.1) is 0 Å². The third-order valence-electron chi connectivity index (χ3n) is 2.57. The molecule has 3 heteroatoms. The van der Waals surface area contributed by atoms with Crippen LogP contribution in [0.3, 0.4) is 0 Å². The number of hydrogen-bond acceptors (Lipinski definition) is 3. The van der Waals surface area contributed by atoms with Gasteiger partial charge in [-0.15, -0.1) is 0 Å². The summed E-state index contributed by atoms with van der Waals surface area (Å²) in [5.74, 6) is 1.96. The molecule has 0 saturated carbocycles. The van der Waals surface area contributed by atoms with Crippen LogP contribution in [0.25, 0.3) is 0 Å². The van der Waals surface area contributed by atoms with Crippen LogP contribution >= 0.6 is 0 Å². The van der Waals surface area contributed by atoms with Gasteiger partial charge in [0.25, 0.3) is 0 Å². The highest BCUT2D eigenvalue weighted by Crippen LogP contribution is 2.21. The molecule has 1 aliphatic rings. The third kappa shape index (κ3) is 2.99. The van der Waals surface area contributed by atoms with Crippen molar-refractivity contribution < 1.29 is 4.74 Å². The molecule has 92 valence electrons. The summed E-state index contributed by atoms with van der Waals surface area (Å²) < 4.78 is 5.86. The summed E-state index contributed by atoms with van der Waals surface area (Å²) in [6, 6.07) is 8.15. The van der Waals surface area contributed by atoms with Crippen molar-refractivity contribution in [3.05, 3.63) is 29.8 Å². The maximum atomic E-state index is 5.86. The first kappa shape index (κ1) is 12.0. The molecule has 1 aromatic carbocycles. The average molecular weight is 232 g/mol. The molecule has 1 aromatic rings. The predicted molar refractivity (Wildman–Crippen MR) is 70.9 cm³/mol. The summed E-state index contributed by atoms with van der Waals surface area (Å²) in [6.07, 6.45) is 0. The fraction of sp³-hybridized carbons (Fsp3) is 0.500. The molecule has 0 unspecified atom stereocenters. The van der Waals surface area contributed by atoms with Crippen LogP contribution in [0.1, 0.15) is 26.3 Å². The van der Waals surface area contributed by atoms with Crippen LogP contribution in [-0.2, 0) is 0 Å². The van der Waals surface area contributed by atoms with Gasteiger partial charge in [0.05, 0.1) is 6.54 Å². The Morgan fingerprint density at radius 2 is 2.06 bits per heavy atom. The Morgan fingerprint density at radius 3 is 2.65 bits per heavy atom. The zero-order valence-corrected chi connectivity index (χ0v) is 11.0. The van der Waals surface area contributed by atoms with Crippen LogP contribution < -0.4 is 4.74 Å². The van der Waals surface area contributed by atoms with Crippen molar-refractivity contribution in [2.45, 2.75) is 26.4 Å². The molecule has 0 radical (unpaired) electrons. The van der Waals surface area contributed by atoms with Gasteiger partial charge >= 0.3 is 0 Å². The first-order valence-electron chi connectivity index (χ1n) is 6.01. The van der Waals surface area contributed by atoms with E-state index in [9.17, 15) is 0 Å². The minimum Gasteiger partial charge on any atom is -0.488 e. The quantitative estimate of drug-likeness (QED) is 0.783. The van der Waals surface area contributed by atoms with Crippen molar-refractivity contribution in [1.29, 1.82) is 0 Å². The molecule has 0 spiro atoms. The maximum absolute atomic E-state index is 5.86. The van der Waals surface area contributed by atoms with Gasteiger partial charge in [-0.1, -0.05) is 12.1 Å². The Morgan fingerprint density at radius 1 is 1.29 bits per heavy atom. The number of nitrogens with zero attached hydrogens (tertiary/aromatic N) is 2. The number of hydrogen-bond donors (Lipinski definition) is 0. The zero-order chi connectivity index (χ0) is 12.5. The van der Waals surface area contributed by atoms with Gasteiger partial charge in [-0.2, -0.15) is 0 Å². The molecule has 0 N–H and O–H groups in total. The van der Waals surface area contributed by atoms with Crippen LogP contribution in [-0.4, -0.2) is 36.5 Å². The van der Waals surface area contributed by atoms with Gasteiger partial charge in [0.2, 0.25) is 0 Å². The van der Waals surface area contributed by atoms with Crippen molar-refractivity contribution >= 4 is 5.84 Å². The second-order valence-electron chi connectivity index (χ2n) is 5.37. The van der Waals surface area contributed by atoms with Crippen molar-refractivity contribution in [2.24, 2.45) is 4.99 Å². The number of ether oxygens (including phenoxy) is 1. The van der Waals surface area contributed by atoms with Gasteiger partial charge in [0.1, 0.15) is 17.2 Å². The largest absolute Gasteiger partial charge is 0.488 e. The molecule has 0 fully saturated rings. The van der Waals surface area contributed by atoms with Crippen molar-refractivity contribution in [2.75, 3.05) is 20.1 Å². The van der Waals surface area contributed by atoms with E-state index in [0.29, 0.717) is 0 Å². The van der Waals surface area contributed by atoms with Gasteiger partial charge in [-0.3, -0.25) is 4.99 Å². The highest BCUT2D eigenvalue weighted by atomic mass is 16.5. The Bertz CT molecular complexity index is 432. The lowest BCUT2D eigenvalue weighted by molar-refractivity contribution is 0.131. The maximum Gasteiger partial charge on any atom is 0.130 e. The van der Waals surface area contributed by atoms with E-state index in [1.165, 1.54) is 0 Å². The molecule has 3 nitrogen and oxygen atoms in total. The Hall–Kier alpha value is -1.51. The minimum absolute atomic E-state index is 0.165. The second-order valence-corrected chi connectivity index (χ2v) is 5.37. The van der Waals surface area contributed by atoms with E-state index < -0.39 is 0 Å². The van der Waals surface area contributed by atoms with E-state index in [2.05, 4.69) is 49.8 Å². The van der Waals surface area contributed by atoms with Gasteiger partial charge in [-0.25, -0.2) is 0 Å². The second kappa shape index (κ2) is 4.40. The smallest absolute Gasteiger partial charge is 0.130 e. The van der Waals surface area contributed by atoms with Gasteiger partial charge in [-0.05, 0) is 32.9 Å². The normalized spacial score (nSPS) is 16.0. The Labute approximate surface area is 103 Å². The van der Waals surface area contributed by atoms with Crippen molar-refractivity contribution in [3.63, 3.8) is 0 Å². The summed E-state index contributed by atoms with van der Waals surface area (Å²) >= 11 is 0. The van der Waals surface area contributed by atoms with Crippen LogP contribution in [0.4, 0.5) is 0 Å². The fourth-order valence-electron chi connectivity index (χ4n) is 1.90. The van der Waals surface area contributed by atoms with Crippen LogP contribution in [0.2, 0.25) is 0 Å². The van der Waals surface area contributed by atoms with E-state index >= 15 is 0 Å². The molecule has 0 aliphatic carbocycles. The lowest BCUT2D eigenvalue weighted by Gasteiger charge is -2.22. The summed E-state index contributed by atoms with van der Waals surface area (Å²) in [6.45, 7) is 8.05. The van der Waals surface area contributed by atoms with Gasteiger partial charge < -0.3 is 9.64 Å². The minimum atomic E-state index is -0.165. The molecule has 1 heterocycles. The van der Waals surface area contributed by atoms with E-state index in [1.807, 2.05) is 12.1 Å².